The SMILES string of the molecule is Cc1nc2ncnn2c(C)c1CC(=O)N1CCN(Cc2ccc3c(c2)CCO3)CC1. The number of aromatic nitrogens is 4. The van der Waals surface area contributed by atoms with Gasteiger partial charge >= 0.3 is 0 Å². The lowest BCUT2D eigenvalue weighted by Crippen LogP contribution is -2.48. The minimum Gasteiger partial charge on any atom is -0.493 e. The van der Waals surface area contributed by atoms with Gasteiger partial charge in [0.25, 0.3) is 5.78 Å². The molecule has 1 aromatic carbocycles. The van der Waals surface area contributed by atoms with E-state index >= 15 is 0 Å². The molecule has 0 atom stereocenters. The van der Waals surface area contributed by atoms with Gasteiger partial charge in [0.15, 0.2) is 0 Å². The Morgan fingerprint density at radius 3 is 2.83 bits per heavy atom. The molecule has 3 aromatic rings. The van der Waals surface area contributed by atoms with E-state index in [9.17, 15) is 4.79 Å². The first-order valence-corrected chi connectivity index (χ1v) is 10.5. The van der Waals surface area contributed by atoms with E-state index in [4.69, 9.17) is 4.74 Å². The normalized spacial score (nSPS) is 16.7. The number of rotatable bonds is 4. The molecule has 0 radical (unpaired) electrons. The summed E-state index contributed by atoms with van der Waals surface area (Å²) in [6.45, 7) is 8.89. The second kappa shape index (κ2) is 7.68. The van der Waals surface area contributed by atoms with Crippen molar-refractivity contribution in [2.75, 3.05) is 32.8 Å². The largest absolute Gasteiger partial charge is 0.493 e. The molecule has 0 bridgehead atoms. The van der Waals surface area contributed by atoms with E-state index in [-0.39, 0.29) is 5.91 Å². The molecule has 2 aliphatic heterocycles. The highest BCUT2D eigenvalue weighted by Crippen LogP contribution is 2.26. The second-order valence-corrected chi connectivity index (χ2v) is 8.11. The first kappa shape index (κ1) is 19.0. The molecule has 0 spiro atoms. The topological polar surface area (TPSA) is 75.9 Å². The number of ether oxygens (including phenoxy) is 1. The van der Waals surface area contributed by atoms with Gasteiger partial charge in [-0.15, -0.1) is 0 Å². The van der Waals surface area contributed by atoms with Gasteiger partial charge in [-0.2, -0.15) is 10.1 Å². The van der Waals surface area contributed by atoms with Crippen molar-refractivity contribution < 1.29 is 9.53 Å². The first-order chi connectivity index (χ1) is 14.6. The summed E-state index contributed by atoms with van der Waals surface area (Å²) in [5.41, 5.74) is 5.35. The van der Waals surface area contributed by atoms with Crippen molar-refractivity contribution in [1.29, 1.82) is 0 Å². The van der Waals surface area contributed by atoms with Crippen molar-refractivity contribution in [2.45, 2.75) is 33.2 Å². The van der Waals surface area contributed by atoms with Crippen LogP contribution in [0.4, 0.5) is 0 Å². The van der Waals surface area contributed by atoms with Crippen molar-refractivity contribution in [3.63, 3.8) is 0 Å². The van der Waals surface area contributed by atoms with Crippen LogP contribution in [0, 0.1) is 13.8 Å². The third-order valence-corrected chi connectivity index (χ3v) is 6.20. The fraction of sp³-hybridized carbons (Fsp3) is 0.455. The number of amides is 1. The van der Waals surface area contributed by atoms with Crippen molar-refractivity contribution in [1.82, 2.24) is 29.4 Å². The Morgan fingerprint density at radius 1 is 1.17 bits per heavy atom. The van der Waals surface area contributed by atoms with E-state index in [1.807, 2.05) is 18.7 Å². The van der Waals surface area contributed by atoms with E-state index in [0.29, 0.717) is 12.2 Å². The summed E-state index contributed by atoms with van der Waals surface area (Å²) in [4.78, 5) is 26.0. The molecule has 0 N–H and O–H groups in total. The molecule has 8 nitrogen and oxygen atoms in total. The molecule has 8 heteroatoms. The number of nitrogens with zero attached hydrogens (tertiary/aromatic N) is 6. The van der Waals surface area contributed by atoms with Gasteiger partial charge in [-0.1, -0.05) is 12.1 Å². The minimum atomic E-state index is 0.150. The molecular formula is C22H26N6O2. The summed E-state index contributed by atoms with van der Waals surface area (Å²) < 4.78 is 7.30. The molecule has 30 heavy (non-hydrogen) atoms. The van der Waals surface area contributed by atoms with Crippen LogP contribution in [0.15, 0.2) is 24.5 Å². The zero-order valence-corrected chi connectivity index (χ0v) is 17.5. The molecule has 0 aliphatic carbocycles. The minimum absolute atomic E-state index is 0.150. The Labute approximate surface area is 175 Å². The van der Waals surface area contributed by atoms with E-state index in [0.717, 1.165) is 68.5 Å². The lowest BCUT2D eigenvalue weighted by atomic mass is 10.1. The average molecular weight is 406 g/mol. The molecule has 0 unspecified atom stereocenters. The van der Waals surface area contributed by atoms with E-state index < -0.39 is 0 Å². The molecule has 1 saturated heterocycles. The summed E-state index contributed by atoms with van der Waals surface area (Å²) in [6, 6.07) is 6.50. The fourth-order valence-corrected chi connectivity index (χ4v) is 4.43. The van der Waals surface area contributed by atoms with Gasteiger partial charge in [0, 0.05) is 56.1 Å². The Bertz CT molecular complexity index is 1100. The molecule has 2 aromatic heterocycles. The van der Waals surface area contributed by atoms with Crippen LogP contribution >= 0.6 is 0 Å². The van der Waals surface area contributed by atoms with Gasteiger partial charge < -0.3 is 9.64 Å². The molecular weight excluding hydrogens is 380 g/mol. The van der Waals surface area contributed by atoms with Crippen molar-refractivity contribution in [3.05, 3.63) is 52.6 Å². The fourth-order valence-electron chi connectivity index (χ4n) is 4.43. The van der Waals surface area contributed by atoms with Gasteiger partial charge in [-0.05, 0) is 31.0 Å². The highest BCUT2D eigenvalue weighted by Gasteiger charge is 2.23. The van der Waals surface area contributed by atoms with Crippen LogP contribution in [-0.2, 0) is 24.2 Å². The van der Waals surface area contributed by atoms with Gasteiger partial charge in [-0.25, -0.2) is 9.50 Å². The second-order valence-electron chi connectivity index (χ2n) is 8.11. The predicted octanol–water partition coefficient (Wildman–Crippen LogP) is 1.56. The zero-order valence-electron chi connectivity index (χ0n) is 17.5. The standard InChI is InChI=1S/C22H26N6O2/c1-15-19(16(2)28-22(25-15)23-14-24-28)12-21(29)27-8-6-26(7-9-27)13-17-3-4-20-18(11-17)5-10-30-20/h3-4,11,14H,5-10,12-13H2,1-2H3. The Balaban J connectivity index is 1.20. The lowest BCUT2D eigenvalue weighted by molar-refractivity contribution is -0.132. The van der Waals surface area contributed by atoms with Crippen molar-refractivity contribution in [2.24, 2.45) is 0 Å². The first-order valence-electron chi connectivity index (χ1n) is 10.5. The third-order valence-electron chi connectivity index (χ3n) is 6.20. The van der Waals surface area contributed by atoms with Crippen LogP contribution in [0.3, 0.4) is 0 Å². The van der Waals surface area contributed by atoms with Gasteiger partial charge in [0.2, 0.25) is 5.91 Å². The monoisotopic (exact) mass is 406 g/mol. The summed E-state index contributed by atoms with van der Waals surface area (Å²) in [5, 5.41) is 4.21. The van der Waals surface area contributed by atoms with Crippen molar-refractivity contribution in [3.8, 4) is 5.75 Å². The van der Waals surface area contributed by atoms with E-state index in [1.165, 1.54) is 17.5 Å². The third kappa shape index (κ3) is 3.52. The molecule has 156 valence electrons. The van der Waals surface area contributed by atoms with Crippen LogP contribution in [-0.4, -0.2) is 68.1 Å². The van der Waals surface area contributed by atoms with Crippen LogP contribution in [0.2, 0.25) is 0 Å². The smallest absolute Gasteiger partial charge is 0.252 e. The predicted molar refractivity (Wildman–Crippen MR) is 111 cm³/mol. The number of piperazine rings is 1. The summed E-state index contributed by atoms with van der Waals surface area (Å²) >= 11 is 0. The van der Waals surface area contributed by atoms with Crippen LogP contribution in [0.1, 0.15) is 28.1 Å². The average Bonchev–Trinajstić information content (AvgIpc) is 3.40. The number of carbonyl (C=O) groups is 1. The quantitative estimate of drug-likeness (QED) is 0.655. The van der Waals surface area contributed by atoms with Crippen molar-refractivity contribution >= 4 is 11.7 Å². The maximum Gasteiger partial charge on any atom is 0.252 e. The highest BCUT2D eigenvalue weighted by molar-refractivity contribution is 5.79. The molecule has 4 heterocycles. The number of benzene rings is 1. The number of hydrogen-bond donors (Lipinski definition) is 0. The van der Waals surface area contributed by atoms with E-state index in [1.54, 1.807) is 4.52 Å². The Hall–Kier alpha value is -3.00. The summed E-state index contributed by atoms with van der Waals surface area (Å²) in [6.07, 6.45) is 2.85. The molecule has 1 amide bonds. The van der Waals surface area contributed by atoms with Crippen LogP contribution < -0.4 is 4.74 Å². The van der Waals surface area contributed by atoms with Gasteiger partial charge in [-0.3, -0.25) is 9.69 Å². The van der Waals surface area contributed by atoms with Gasteiger partial charge in [0.05, 0.1) is 13.0 Å². The van der Waals surface area contributed by atoms with Crippen LogP contribution in [0.25, 0.3) is 5.78 Å². The molecule has 2 aliphatic rings. The molecule has 5 rings (SSSR count). The van der Waals surface area contributed by atoms with Crippen LogP contribution in [0.5, 0.6) is 5.75 Å². The lowest BCUT2D eigenvalue weighted by Gasteiger charge is -2.35. The zero-order chi connectivity index (χ0) is 20.7. The number of aryl methyl sites for hydroxylation is 2. The summed E-state index contributed by atoms with van der Waals surface area (Å²) in [5.74, 6) is 1.75. The Morgan fingerprint density at radius 2 is 2.00 bits per heavy atom. The summed E-state index contributed by atoms with van der Waals surface area (Å²) in [7, 11) is 0. The Kier molecular flexibility index (Phi) is 4.86. The molecule has 0 saturated carbocycles. The number of fused-ring (bicyclic) bond motifs is 2. The van der Waals surface area contributed by atoms with Gasteiger partial charge in [0.1, 0.15) is 12.1 Å². The van der Waals surface area contributed by atoms with E-state index in [2.05, 4.69) is 38.2 Å². The number of carbonyl (C=O) groups excluding carboxylic acids is 1. The maximum absolute atomic E-state index is 13.0. The highest BCUT2D eigenvalue weighted by atomic mass is 16.5. The molecule has 1 fully saturated rings. The maximum atomic E-state index is 13.0. The number of hydrogen-bond acceptors (Lipinski definition) is 6.